The van der Waals surface area contributed by atoms with Gasteiger partial charge in [-0.05, 0) is 5.56 Å². The van der Waals surface area contributed by atoms with Gasteiger partial charge in [0.1, 0.15) is 12.1 Å². The number of carboxylic acid groups (broad SMARTS) is 1. The number of carbonyl (C=O) groups excluding carboxylic acids is 1. The smallest absolute Gasteiger partial charge is 0.410 e. The van der Waals surface area contributed by atoms with Crippen molar-refractivity contribution in [1.29, 1.82) is 0 Å². The molecule has 2 aliphatic heterocycles. The zero-order valence-electron chi connectivity index (χ0n) is 13.1. The van der Waals surface area contributed by atoms with Crippen LogP contribution in [-0.4, -0.2) is 58.7 Å². The van der Waals surface area contributed by atoms with Crippen molar-refractivity contribution in [2.45, 2.75) is 31.4 Å². The second kappa shape index (κ2) is 6.58. The van der Waals surface area contributed by atoms with Crippen molar-refractivity contribution in [2.24, 2.45) is 0 Å². The van der Waals surface area contributed by atoms with E-state index in [-0.39, 0.29) is 6.54 Å². The summed E-state index contributed by atoms with van der Waals surface area (Å²) in [6.45, 7) is 2.87. The number of rotatable bonds is 4. The monoisotopic (exact) mass is 318 g/mol. The first-order valence-corrected chi connectivity index (χ1v) is 8.02. The van der Waals surface area contributed by atoms with Gasteiger partial charge in [-0.3, -0.25) is 14.6 Å². The van der Waals surface area contributed by atoms with E-state index < -0.39 is 17.7 Å². The maximum Gasteiger partial charge on any atom is 0.410 e. The summed E-state index contributed by atoms with van der Waals surface area (Å²) >= 11 is 0. The van der Waals surface area contributed by atoms with Crippen LogP contribution in [0.1, 0.15) is 24.8 Å². The highest BCUT2D eigenvalue weighted by Crippen LogP contribution is 2.34. The fraction of sp³-hybridized carbons (Fsp3) is 0.529. The second-order valence-corrected chi connectivity index (χ2v) is 6.38. The summed E-state index contributed by atoms with van der Waals surface area (Å²) in [5.74, 6) is -1.00. The minimum atomic E-state index is -1.00. The van der Waals surface area contributed by atoms with Crippen LogP contribution in [0.4, 0.5) is 4.79 Å². The molecule has 0 aromatic heterocycles. The maximum atomic E-state index is 12.0. The van der Waals surface area contributed by atoms with Gasteiger partial charge in [0.25, 0.3) is 0 Å². The lowest BCUT2D eigenvalue weighted by Crippen LogP contribution is -2.55. The summed E-state index contributed by atoms with van der Waals surface area (Å²) in [5, 5.41) is 8.80. The van der Waals surface area contributed by atoms with E-state index in [0.29, 0.717) is 13.0 Å². The van der Waals surface area contributed by atoms with Crippen molar-refractivity contribution < 1.29 is 19.4 Å². The van der Waals surface area contributed by atoms with E-state index in [1.165, 1.54) is 10.5 Å². The van der Waals surface area contributed by atoms with Crippen LogP contribution in [0.3, 0.4) is 0 Å². The molecule has 3 rings (SSSR count). The molecule has 1 spiro atoms. The Labute approximate surface area is 135 Å². The van der Waals surface area contributed by atoms with E-state index in [1.807, 2.05) is 18.2 Å². The highest BCUT2D eigenvalue weighted by atomic mass is 16.6. The van der Waals surface area contributed by atoms with Gasteiger partial charge in [0.2, 0.25) is 0 Å². The number of piperidine rings is 1. The molecule has 6 heteroatoms. The number of ether oxygens (including phenoxy) is 1. The zero-order chi connectivity index (χ0) is 16.3. The summed E-state index contributed by atoms with van der Waals surface area (Å²) in [4.78, 5) is 26.4. The minimum Gasteiger partial charge on any atom is -0.480 e. The summed E-state index contributed by atoms with van der Waals surface area (Å²) in [6.07, 6.45) is 1.85. The number of carboxylic acids is 1. The van der Waals surface area contributed by atoms with Gasteiger partial charge < -0.3 is 9.84 Å². The Bertz CT molecular complexity index is 567. The van der Waals surface area contributed by atoms with Crippen LogP contribution < -0.4 is 0 Å². The number of aliphatic carboxylic acids is 1. The van der Waals surface area contributed by atoms with Crippen molar-refractivity contribution in [3.63, 3.8) is 0 Å². The molecule has 2 fully saturated rings. The Kier molecular flexibility index (Phi) is 4.52. The standard InChI is InChI=1S/C17H22N2O4/c20-15(21)13-19-11-8-17(23-16(19)22)6-9-18(10-7-17)12-14-4-2-1-3-5-14/h1-5H,6-13H2,(H,20,21). The van der Waals surface area contributed by atoms with Gasteiger partial charge in [0, 0.05) is 45.4 Å². The van der Waals surface area contributed by atoms with Crippen molar-refractivity contribution in [3.8, 4) is 0 Å². The number of hydrogen-bond donors (Lipinski definition) is 1. The third-order valence-electron chi connectivity index (χ3n) is 4.74. The number of benzene rings is 1. The Morgan fingerprint density at radius 2 is 1.78 bits per heavy atom. The highest BCUT2D eigenvalue weighted by Gasteiger charge is 2.43. The molecule has 1 aromatic rings. The van der Waals surface area contributed by atoms with E-state index >= 15 is 0 Å². The van der Waals surface area contributed by atoms with Gasteiger partial charge in [-0.2, -0.15) is 0 Å². The first-order valence-electron chi connectivity index (χ1n) is 8.02. The lowest BCUT2D eigenvalue weighted by molar-refractivity contribution is -0.140. The minimum absolute atomic E-state index is 0.283. The third-order valence-corrected chi connectivity index (χ3v) is 4.74. The molecule has 0 atom stereocenters. The van der Waals surface area contributed by atoms with E-state index in [0.717, 1.165) is 32.5 Å². The number of carbonyl (C=O) groups is 2. The van der Waals surface area contributed by atoms with Gasteiger partial charge in [-0.1, -0.05) is 30.3 Å². The quantitative estimate of drug-likeness (QED) is 0.919. The van der Waals surface area contributed by atoms with Crippen LogP contribution in [0.5, 0.6) is 0 Å². The Balaban J connectivity index is 1.52. The van der Waals surface area contributed by atoms with Crippen LogP contribution >= 0.6 is 0 Å². The average molecular weight is 318 g/mol. The third kappa shape index (κ3) is 3.82. The molecule has 2 aliphatic rings. The van der Waals surface area contributed by atoms with Gasteiger partial charge in [0.15, 0.2) is 0 Å². The highest BCUT2D eigenvalue weighted by molar-refractivity contribution is 5.77. The van der Waals surface area contributed by atoms with Crippen LogP contribution in [0, 0.1) is 0 Å². The lowest BCUT2D eigenvalue weighted by Gasteiger charge is -2.45. The van der Waals surface area contributed by atoms with Crippen LogP contribution in [-0.2, 0) is 16.1 Å². The molecular formula is C17H22N2O4. The van der Waals surface area contributed by atoms with Gasteiger partial charge in [-0.15, -0.1) is 0 Å². The number of nitrogens with zero attached hydrogens (tertiary/aromatic N) is 2. The van der Waals surface area contributed by atoms with Gasteiger partial charge in [0.05, 0.1) is 0 Å². The van der Waals surface area contributed by atoms with Crippen LogP contribution in [0.25, 0.3) is 0 Å². The van der Waals surface area contributed by atoms with E-state index in [2.05, 4.69) is 17.0 Å². The molecule has 124 valence electrons. The first-order chi connectivity index (χ1) is 11.1. The molecule has 2 heterocycles. The molecule has 2 saturated heterocycles. The Hall–Kier alpha value is -2.08. The normalized spacial score (nSPS) is 21.2. The molecule has 23 heavy (non-hydrogen) atoms. The number of hydrogen-bond acceptors (Lipinski definition) is 4. The number of likely N-dealkylation sites (tertiary alicyclic amines) is 1. The molecule has 0 aliphatic carbocycles. The molecule has 0 saturated carbocycles. The van der Waals surface area contributed by atoms with Crippen LogP contribution in [0.2, 0.25) is 0 Å². The molecule has 0 unspecified atom stereocenters. The zero-order valence-corrected chi connectivity index (χ0v) is 13.1. The molecule has 1 amide bonds. The molecule has 0 radical (unpaired) electrons. The van der Waals surface area contributed by atoms with Gasteiger partial charge in [-0.25, -0.2) is 4.79 Å². The first kappa shape index (κ1) is 15.8. The van der Waals surface area contributed by atoms with Crippen molar-refractivity contribution >= 4 is 12.1 Å². The Morgan fingerprint density at radius 3 is 2.39 bits per heavy atom. The van der Waals surface area contributed by atoms with E-state index in [1.54, 1.807) is 0 Å². The lowest BCUT2D eigenvalue weighted by atomic mass is 9.86. The summed E-state index contributed by atoms with van der Waals surface area (Å²) < 4.78 is 5.62. The molecule has 0 bridgehead atoms. The molecule has 6 nitrogen and oxygen atoms in total. The number of amides is 1. The van der Waals surface area contributed by atoms with Crippen molar-refractivity contribution in [1.82, 2.24) is 9.80 Å². The fourth-order valence-corrected chi connectivity index (χ4v) is 3.35. The fourth-order valence-electron chi connectivity index (χ4n) is 3.35. The van der Waals surface area contributed by atoms with Gasteiger partial charge >= 0.3 is 12.1 Å². The predicted molar refractivity (Wildman–Crippen MR) is 84.0 cm³/mol. The SMILES string of the molecule is O=C(O)CN1CCC2(CCN(Cc3ccccc3)CC2)OC1=O. The summed E-state index contributed by atoms with van der Waals surface area (Å²) in [5.41, 5.74) is 0.885. The average Bonchev–Trinajstić information content (AvgIpc) is 2.54. The summed E-state index contributed by atoms with van der Waals surface area (Å²) in [6, 6.07) is 10.3. The van der Waals surface area contributed by atoms with E-state index in [9.17, 15) is 9.59 Å². The summed E-state index contributed by atoms with van der Waals surface area (Å²) in [7, 11) is 0. The van der Waals surface area contributed by atoms with E-state index in [4.69, 9.17) is 9.84 Å². The van der Waals surface area contributed by atoms with Crippen LogP contribution in [0.15, 0.2) is 30.3 Å². The largest absolute Gasteiger partial charge is 0.480 e. The molecule has 1 aromatic carbocycles. The predicted octanol–water partition coefficient (Wildman–Crippen LogP) is 1.95. The topological polar surface area (TPSA) is 70.1 Å². The van der Waals surface area contributed by atoms with Crippen molar-refractivity contribution in [2.75, 3.05) is 26.2 Å². The Morgan fingerprint density at radius 1 is 1.13 bits per heavy atom. The maximum absolute atomic E-state index is 12.0. The van der Waals surface area contributed by atoms with Crippen molar-refractivity contribution in [3.05, 3.63) is 35.9 Å². The molecular weight excluding hydrogens is 296 g/mol. The second-order valence-electron chi connectivity index (χ2n) is 6.38. The molecule has 1 N–H and O–H groups in total.